The minimum Gasteiger partial charge on any atom is -0.492 e. The van der Waals surface area contributed by atoms with Gasteiger partial charge in [0.1, 0.15) is 12.4 Å². The number of likely N-dealkylation sites (N-methyl/N-ethyl adjacent to an activating group) is 1. The average Bonchev–Trinajstić information content (AvgIpc) is 2.31. The summed E-state index contributed by atoms with van der Waals surface area (Å²) < 4.78 is 29.7. The third-order valence-corrected chi connectivity index (χ3v) is 4.40. The van der Waals surface area contributed by atoms with Crippen LogP contribution in [0.5, 0.6) is 5.75 Å². The number of rotatable bonds is 6. The lowest BCUT2D eigenvalue weighted by Crippen LogP contribution is -2.32. The molecular formula is C12H19NO3S. The van der Waals surface area contributed by atoms with Crippen LogP contribution in [0, 0.1) is 6.92 Å². The van der Waals surface area contributed by atoms with E-state index in [4.69, 9.17) is 4.74 Å². The monoisotopic (exact) mass is 257 g/mol. The number of benzene rings is 1. The van der Waals surface area contributed by atoms with E-state index in [2.05, 4.69) is 0 Å². The molecule has 0 atom stereocenters. The van der Waals surface area contributed by atoms with Crippen molar-refractivity contribution >= 4 is 10.0 Å². The molecule has 96 valence electrons. The Hall–Kier alpha value is -1.07. The summed E-state index contributed by atoms with van der Waals surface area (Å²) in [6.45, 7) is 4.36. The fourth-order valence-corrected chi connectivity index (χ4v) is 2.08. The summed E-state index contributed by atoms with van der Waals surface area (Å²) in [5.41, 5.74) is 1.17. The molecule has 0 aliphatic heterocycles. The van der Waals surface area contributed by atoms with Crippen LogP contribution in [-0.2, 0) is 10.0 Å². The second-order valence-corrected chi connectivity index (χ2v) is 6.25. The summed E-state index contributed by atoms with van der Waals surface area (Å²) in [6.07, 6.45) is 0. The highest BCUT2D eigenvalue weighted by molar-refractivity contribution is 7.89. The van der Waals surface area contributed by atoms with Crippen molar-refractivity contribution in [2.45, 2.75) is 13.8 Å². The number of ether oxygens (including phenoxy) is 1. The Labute approximate surface area is 103 Å². The molecule has 0 amide bonds. The van der Waals surface area contributed by atoms with Gasteiger partial charge in [0.05, 0.1) is 5.75 Å². The van der Waals surface area contributed by atoms with Crippen LogP contribution in [0.1, 0.15) is 12.5 Å². The molecule has 0 saturated carbocycles. The van der Waals surface area contributed by atoms with Gasteiger partial charge >= 0.3 is 0 Å². The minimum absolute atomic E-state index is 0.119. The number of sulfonamides is 1. The first-order valence-corrected chi connectivity index (χ1v) is 7.20. The summed E-state index contributed by atoms with van der Waals surface area (Å²) >= 11 is 0. The zero-order valence-corrected chi connectivity index (χ0v) is 11.3. The van der Waals surface area contributed by atoms with E-state index in [1.165, 1.54) is 9.87 Å². The van der Waals surface area contributed by atoms with Crippen molar-refractivity contribution in [1.82, 2.24) is 4.31 Å². The molecule has 0 spiro atoms. The lowest BCUT2D eigenvalue weighted by atomic mass is 10.2. The number of nitrogens with zero attached hydrogens (tertiary/aromatic N) is 1. The Morgan fingerprint density at radius 2 is 1.82 bits per heavy atom. The molecule has 0 unspecified atom stereocenters. The van der Waals surface area contributed by atoms with Crippen molar-refractivity contribution in [3.63, 3.8) is 0 Å². The van der Waals surface area contributed by atoms with Crippen LogP contribution < -0.4 is 4.74 Å². The normalized spacial score (nSPS) is 11.8. The Balaban J connectivity index is 2.41. The summed E-state index contributed by atoms with van der Waals surface area (Å²) in [7, 11) is -1.54. The van der Waals surface area contributed by atoms with Crippen LogP contribution in [-0.4, -0.2) is 38.7 Å². The standard InChI is InChI=1S/C12H19NO3S/c1-4-17(14,15)13(3)9-10-16-12-7-5-11(2)6-8-12/h5-8H,4,9-10H2,1-3H3. The lowest BCUT2D eigenvalue weighted by molar-refractivity contribution is 0.287. The largest absolute Gasteiger partial charge is 0.492 e. The lowest BCUT2D eigenvalue weighted by Gasteiger charge is -2.16. The van der Waals surface area contributed by atoms with Crippen molar-refractivity contribution < 1.29 is 13.2 Å². The molecule has 5 heteroatoms. The van der Waals surface area contributed by atoms with Gasteiger partial charge in [-0.25, -0.2) is 12.7 Å². The number of hydrogen-bond donors (Lipinski definition) is 0. The average molecular weight is 257 g/mol. The number of aryl methyl sites for hydroxylation is 1. The van der Waals surface area contributed by atoms with Gasteiger partial charge in [-0.2, -0.15) is 0 Å². The van der Waals surface area contributed by atoms with Gasteiger partial charge in [-0.05, 0) is 26.0 Å². The molecule has 1 aromatic carbocycles. The van der Waals surface area contributed by atoms with E-state index in [0.29, 0.717) is 13.2 Å². The molecule has 0 saturated heterocycles. The Morgan fingerprint density at radius 1 is 1.24 bits per heavy atom. The zero-order chi connectivity index (χ0) is 12.9. The molecule has 0 fully saturated rings. The van der Waals surface area contributed by atoms with Gasteiger partial charge in [0, 0.05) is 13.6 Å². The van der Waals surface area contributed by atoms with Crippen molar-refractivity contribution in [3.05, 3.63) is 29.8 Å². The SMILES string of the molecule is CCS(=O)(=O)N(C)CCOc1ccc(C)cc1. The molecule has 0 heterocycles. The molecule has 0 aliphatic rings. The summed E-state index contributed by atoms with van der Waals surface area (Å²) in [5, 5.41) is 0. The minimum atomic E-state index is -3.11. The van der Waals surface area contributed by atoms with Gasteiger partial charge < -0.3 is 4.74 Å². The van der Waals surface area contributed by atoms with Gasteiger partial charge in [0.15, 0.2) is 0 Å². The Bertz CT molecular complexity index is 439. The van der Waals surface area contributed by atoms with E-state index >= 15 is 0 Å². The first kappa shape index (κ1) is 14.0. The second-order valence-electron chi connectivity index (χ2n) is 3.88. The fourth-order valence-electron chi connectivity index (χ4n) is 1.29. The predicted molar refractivity (Wildman–Crippen MR) is 68.8 cm³/mol. The van der Waals surface area contributed by atoms with Gasteiger partial charge in [0.2, 0.25) is 10.0 Å². The second kappa shape index (κ2) is 6.02. The fraction of sp³-hybridized carbons (Fsp3) is 0.500. The number of hydrogen-bond acceptors (Lipinski definition) is 3. The molecular weight excluding hydrogens is 238 g/mol. The third-order valence-electron chi connectivity index (χ3n) is 2.54. The molecule has 0 bridgehead atoms. The molecule has 0 aromatic heterocycles. The zero-order valence-electron chi connectivity index (χ0n) is 10.5. The topological polar surface area (TPSA) is 46.6 Å². The van der Waals surface area contributed by atoms with Gasteiger partial charge in [0.25, 0.3) is 0 Å². The first-order valence-electron chi connectivity index (χ1n) is 5.59. The van der Waals surface area contributed by atoms with E-state index in [0.717, 1.165) is 5.75 Å². The molecule has 1 rings (SSSR count). The molecule has 0 aliphatic carbocycles. The highest BCUT2D eigenvalue weighted by atomic mass is 32.2. The third kappa shape index (κ3) is 4.36. The smallest absolute Gasteiger partial charge is 0.213 e. The predicted octanol–water partition coefficient (Wildman–Crippen LogP) is 1.66. The van der Waals surface area contributed by atoms with Crippen LogP contribution >= 0.6 is 0 Å². The van der Waals surface area contributed by atoms with Crippen LogP contribution in [0.2, 0.25) is 0 Å². The van der Waals surface area contributed by atoms with Crippen LogP contribution in [0.15, 0.2) is 24.3 Å². The van der Waals surface area contributed by atoms with Crippen LogP contribution in [0.25, 0.3) is 0 Å². The highest BCUT2D eigenvalue weighted by Crippen LogP contribution is 2.11. The first-order chi connectivity index (χ1) is 7.95. The maximum absolute atomic E-state index is 11.5. The van der Waals surface area contributed by atoms with E-state index in [-0.39, 0.29) is 5.75 Å². The Morgan fingerprint density at radius 3 is 2.35 bits per heavy atom. The highest BCUT2D eigenvalue weighted by Gasteiger charge is 2.14. The summed E-state index contributed by atoms with van der Waals surface area (Å²) in [4.78, 5) is 0. The van der Waals surface area contributed by atoms with Crippen molar-refractivity contribution in [1.29, 1.82) is 0 Å². The van der Waals surface area contributed by atoms with Crippen LogP contribution in [0.3, 0.4) is 0 Å². The molecule has 4 nitrogen and oxygen atoms in total. The van der Waals surface area contributed by atoms with Gasteiger partial charge in [-0.1, -0.05) is 17.7 Å². The summed E-state index contributed by atoms with van der Waals surface area (Å²) in [5.74, 6) is 0.881. The van der Waals surface area contributed by atoms with Gasteiger partial charge in [-0.3, -0.25) is 0 Å². The van der Waals surface area contributed by atoms with Crippen molar-refractivity contribution in [2.75, 3.05) is 26.0 Å². The quantitative estimate of drug-likeness (QED) is 0.778. The maximum atomic E-state index is 11.5. The summed E-state index contributed by atoms with van der Waals surface area (Å²) in [6, 6.07) is 7.68. The van der Waals surface area contributed by atoms with Crippen molar-refractivity contribution in [2.24, 2.45) is 0 Å². The molecule has 1 aromatic rings. The van der Waals surface area contributed by atoms with Crippen LogP contribution in [0.4, 0.5) is 0 Å². The molecule has 17 heavy (non-hydrogen) atoms. The molecule has 0 N–H and O–H groups in total. The Kier molecular flexibility index (Phi) is 4.96. The van der Waals surface area contributed by atoms with Crippen molar-refractivity contribution in [3.8, 4) is 5.75 Å². The molecule has 0 radical (unpaired) electrons. The van der Waals surface area contributed by atoms with E-state index < -0.39 is 10.0 Å². The van der Waals surface area contributed by atoms with E-state index in [1.807, 2.05) is 31.2 Å². The van der Waals surface area contributed by atoms with Gasteiger partial charge in [-0.15, -0.1) is 0 Å². The van der Waals surface area contributed by atoms with E-state index in [9.17, 15) is 8.42 Å². The van der Waals surface area contributed by atoms with E-state index in [1.54, 1.807) is 14.0 Å². The maximum Gasteiger partial charge on any atom is 0.213 e.